The maximum absolute atomic E-state index is 11.7. The SMILES string of the molecule is COc1ccc(-c2nc(C3CCC(N(O)C(N)=O)CC3)oc2-c2ccc(S(N)(=O)=O)cc2)cc1Cl. The van der Waals surface area contributed by atoms with Crippen molar-refractivity contribution in [3.05, 3.63) is 53.4 Å². The van der Waals surface area contributed by atoms with E-state index in [-0.39, 0.29) is 16.9 Å². The third-order valence-electron chi connectivity index (χ3n) is 6.13. The number of nitrogens with two attached hydrogens (primary N) is 2. The maximum Gasteiger partial charge on any atom is 0.338 e. The van der Waals surface area contributed by atoms with Gasteiger partial charge in [0.1, 0.15) is 11.4 Å². The molecule has 3 aromatic rings. The van der Waals surface area contributed by atoms with Gasteiger partial charge in [0.15, 0.2) is 11.7 Å². The molecule has 0 radical (unpaired) electrons. The second-order valence-electron chi connectivity index (χ2n) is 8.34. The molecule has 1 aliphatic rings. The minimum atomic E-state index is -3.84. The molecule has 0 unspecified atom stereocenters. The first-order valence-electron chi connectivity index (χ1n) is 10.8. The van der Waals surface area contributed by atoms with E-state index in [1.54, 1.807) is 24.3 Å². The molecule has 186 valence electrons. The molecule has 35 heavy (non-hydrogen) atoms. The van der Waals surface area contributed by atoms with Crippen LogP contribution in [0.2, 0.25) is 5.02 Å². The number of halogens is 1. The number of hydrogen-bond donors (Lipinski definition) is 3. The molecule has 0 bridgehead atoms. The van der Waals surface area contributed by atoms with E-state index in [0.717, 1.165) is 0 Å². The van der Waals surface area contributed by atoms with Crippen LogP contribution in [0.1, 0.15) is 37.5 Å². The van der Waals surface area contributed by atoms with Gasteiger partial charge in [-0.2, -0.15) is 0 Å². The molecule has 1 aromatic heterocycles. The van der Waals surface area contributed by atoms with Crippen molar-refractivity contribution in [2.45, 2.75) is 42.5 Å². The van der Waals surface area contributed by atoms with Gasteiger partial charge in [-0.25, -0.2) is 28.4 Å². The molecule has 0 spiro atoms. The Hall–Kier alpha value is -3.12. The fourth-order valence-electron chi connectivity index (χ4n) is 4.26. The predicted octanol–water partition coefficient (Wildman–Crippen LogP) is 4.11. The number of ether oxygens (including phenoxy) is 1. The number of urea groups is 1. The molecular formula is C23H25ClN4O6S. The van der Waals surface area contributed by atoms with Crippen LogP contribution in [-0.2, 0) is 10.0 Å². The van der Waals surface area contributed by atoms with E-state index in [2.05, 4.69) is 0 Å². The van der Waals surface area contributed by atoms with Crippen molar-refractivity contribution >= 4 is 27.7 Å². The van der Waals surface area contributed by atoms with Crippen LogP contribution in [0.25, 0.3) is 22.6 Å². The number of carbonyl (C=O) groups excluding carboxylic acids is 1. The summed E-state index contributed by atoms with van der Waals surface area (Å²) in [6, 6.07) is 10.0. The van der Waals surface area contributed by atoms with Gasteiger partial charge >= 0.3 is 6.03 Å². The minimum absolute atomic E-state index is 0.0173. The van der Waals surface area contributed by atoms with E-state index in [0.29, 0.717) is 70.0 Å². The number of benzene rings is 2. The molecule has 0 atom stereocenters. The summed E-state index contributed by atoms with van der Waals surface area (Å²) in [5.74, 6) is 1.42. The lowest BCUT2D eigenvalue weighted by atomic mass is 9.86. The van der Waals surface area contributed by atoms with Crippen molar-refractivity contribution in [1.29, 1.82) is 0 Å². The highest BCUT2D eigenvalue weighted by Crippen LogP contribution is 2.41. The topological polar surface area (TPSA) is 162 Å². The minimum Gasteiger partial charge on any atom is -0.495 e. The fraction of sp³-hybridized carbons (Fsp3) is 0.304. The molecule has 0 saturated heterocycles. The molecule has 4 rings (SSSR count). The summed E-state index contributed by atoms with van der Waals surface area (Å²) >= 11 is 6.35. The van der Waals surface area contributed by atoms with E-state index in [9.17, 15) is 18.4 Å². The highest BCUT2D eigenvalue weighted by Gasteiger charge is 2.31. The Balaban J connectivity index is 1.71. The third-order valence-corrected chi connectivity index (χ3v) is 7.36. The molecule has 1 fully saturated rings. The highest BCUT2D eigenvalue weighted by atomic mass is 35.5. The van der Waals surface area contributed by atoms with Gasteiger partial charge in [0.05, 0.1) is 23.1 Å². The Morgan fingerprint density at radius 2 is 1.77 bits per heavy atom. The lowest BCUT2D eigenvalue weighted by molar-refractivity contribution is -0.0854. The molecule has 2 amide bonds. The molecule has 12 heteroatoms. The van der Waals surface area contributed by atoms with Crippen molar-refractivity contribution in [1.82, 2.24) is 10.0 Å². The second-order valence-corrected chi connectivity index (χ2v) is 10.3. The predicted molar refractivity (Wildman–Crippen MR) is 129 cm³/mol. The molecule has 1 saturated carbocycles. The molecule has 0 aliphatic heterocycles. The Morgan fingerprint density at radius 1 is 1.14 bits per heavy atom. The van der Waals surface area contributed by atoms with Gasteiger partial charge < -0.3 is 14.9 Å². The van der Waals surface area contributed by atoms with Crippen LogP contribution in [0.5, 0.6) is 5.75 Å². The van der Waals surface area contributed by atoms with Gasteiger partial charge in [-0.15, -0.1) is 0 Å². The van der Waals surface area contributed by atoms with E-state index < -0.39 is 16.1 Å². The van der Waals surface area contributed by atoms with Crippen molar-refractivity contribution in [2.24, 2.45) is 10.9 Å². The van der Waals surface area contributed by atoms with Gasteiger partial charge in [0.2, 0.25) is 10.0 Å². The maximum atomic E-state index is 11.7. The average Bonchev–Trinajstić information content (AvgIpc) is 3.28. The van der Waals surface area contributed by atoms with Crippen LogP contribution in [0.3, 0.4) is 0 Å². The van der Waals surface area contributed by atoms with Crippen LogP contribution >= 0.6 is 11.6 Å². The van der Waals surface area contributed by atoms with E-state index in [1.807, 2.05) is 6.07 Å². The van der Waals surface area contributed by atoms with E-state index >= 15 is 0 Å². The van der Waals surface area contributed by atoms with Crippen LogP contribution in [0.15, 0.2) is 51.8 Å². The van der Waals surface area contributed by atoms with Gasteiger partial charge in [0, 0.05) is 17.0 Å². The monoisotopic (exact) mass is 520 g/mol. The van der Waals surface area contributed by atoms with Gasteiger partial charge in [0.25, 0.3) is 0 Å². The molecule has 10 nitrogen and oxygen atoms in total. The number of nitrogens with zero attached hydrogens (tertiary/aromatic N) is 2. The van der Waals surface area contributed by atoms with Crippen molar-refractivity contribution in [3.8, 4) is 28.3 Å². The molecule has 5 N–H and O–H groups in total. The molecule has 1 aliphatic carbocycles. The number of oxazole rings is 1. The summed E-state index contributed by atoms with van der Waals surface area (Å²) in [6.07, 6.45) is 2.33. The van der Waals surface area contributed by atoms with E-state index in [1.165, 1.54) is 19.2 Å². The van der Waals surface area contributed by atoms with Gasteiger partial charge in [-0.05, 0) is 68.1 Å². The summed E-state index contributed by atoms with van der Waals surface area (Å²) in [7, 11) is -2.32. The smallest absolute Gasteiger partial charge is 0.338 e. The quantitative estimate of drug-likeness (QED) is 0.325. The zero-order chi connectivity index (χ0) is 25.3. The largest absolute Gasteiger partial charge is 0.495 e. The van der Waals surface area contributed by atoms with Gasteiger partial charge in [-0.1, -0.05) is 11.6 Å². The molecule has 2 aromatic carbocycles. The van der Waals surface area contributed by atoms with Gasteiger partial charge in [-0.3, -0.25) is 5.21 Å². The number of rotatable bonds is 6. The number of hydrogen-bond acceptors (Lipinski definition) is 7. The second kappa shape index (κ2) is 9.86. The Morgan fingerprint density at radius 3 is 2.31 bits per heavy atom. The summed E-state index contributed by atoms with van der Waals surface area (Å²) < 4.78 is 34.8. The summed E-state index contributed by atoms with van der Waals surface area (Å²) in [6.45, 7) is 0. The Bertz CT molecular complexity index is 1330. The van der Waals surface area contributed by atoms with Crippen LogP contribution in [0, 0.1) is 0 Å². The van der Waals surface area contributed by atoms with Crippen LogP contribution in [-0.4, -0.2) is 42.9 Å². The number of aromatic nitrogens is 1. The Kier molecular flexibility index (Phi) is 7.04. The Labute approximate surface area is 207 Å². The first-order chi connectivity index (χ1) is 16.6. The van der Waals surface area contributed by atoms with Crippen molar-refractivity contribution < 1.29 is 27.6 Å². The number of sulfonamides is 1. The zero-order valence-corrected chi connectivity index (χ0v) is 20.4. The van der Waals surface area contributed by atoms with Crippen LogP contribution < -0.4 is 15.6 Å². The molecule has 1 heterocycles. The first kappa shape index (κ1) is 25.0. The normalized spacial score (nSPS) is 18.3. The summed E-state index contributed by atoms with van der Waals surface area (Å²) in [4.78, 5) is 16.0. The summed E-state index contributed by atoms with van der Waals surface area (Å²) in [5, 5.41) is 16.1. The van der Waals surface area contributed by atoms with Crippen molar-refractivity contribution in [2.75, 3.05) is 7.11 Å². The highest BCUT2D eigenvalue weighted by molar-refractivity contribution is 7.89. The first-order valence-corrected chi connectivity index (χ1v) is 12.8. The number of hydroxylamine groups is 2. The van der Waals surface area contributed by atoms with E-state index in [4.69, 9.17) is 36.6 Å². The summed E-state index contributed by atoms with van der Waals surface area (Å²) in [5.41, 5.74) is 7.02. The number of carbonyl (C=O) groups is 1. The number of primary sulfonamides is 1. The zero-order valence-electron chi connectivity index (χ0n) is 18.8. The number of amides is 2. The lowest BCUT2D eigenvalue weighted by Crippen LogP contribution is -2.42. The van der Waals surface area contributed by atoms with Crippen LogP contribution in [0.4, 0.5) is 4.79 Å². The third kappa shape index (κ3) is 5.27. The average molecular weight is 521 g/mol. The molecular weight excluding hydrogens is 496 g/mol. The number of primary amides is 1. The lowest BCUT2D eigenvalue weighted by Gasteiger charge is -2.30. The van der Waals surface area contributed by atoms with Crippen molar-refractivity contribution in [3.63, 3.8) is 0 Å². The standard InChI is InChI=1S/C23H25ClN4O6S/c1-33-19-11-6-15(12-18(19)24)20-21(13-4-9-17(10-5-13)35(26,31)32)34-22(27-20)14-2-7-16(8-3-14)28(30)23(25)29/h4-6,9-12,14,16,30H,2-3,7-8H2,1H3,(H2,25,29)(H2,26,31,32). The number of methoxy groups -OCH3 is 1. The fourth-order valence-corrected chi connectivity index (χ4v) is 5.03.